The van der Waals surface area contributed by atoms with Crippen molar-refractivity contribution in [3.8, 4) is 11.3 Å². The normalized spacial score (nSPS) is 13.5. The molecule has 4 rings (SSSR count). The highest BCUT2D eigenvalue weighted by Crippen LogP contribution is 2.27. The molecule has 3 amide bonds. The summed E-state index contributed by atoms with van der Waals surface area (Å²) in [5, 5.41) is 15.5. The van der Waals surface area contributed by atoms with Gasteiger partial charge in [-0.05, 0) is 30.3 Å². The largest absolute Gasteiger partial charge is 0.298 e. The fraction of sp³-hybridized carbons (Fsp3) is 0.100. The molecule has 1 aliphatic rings. The number of non-ortho nitro benzene ring substituents is 1. The predicted molar refractivity (Wildman–Crippen MR) is 110 cm³/mol. The molecule has 0 unspecified atom stereocenters. The second-order valence-corrected chi connectivity index (χ2v) is 7.33. The van der Waals surface area contributed by atoms with E-state index in [1.807, 2.05) is 0 Å². The van der Waals surface area contributed by atoms with Gasteiger partial charge in [0.25, 0.3) is 11.6 Å². The van der Waals surface area contributed by atoms with Crippen molar-refractivity contribution in [2.24, 2.45) is 0 Å². The molecule has 2 aromatic carbocycles. The van der Waals surface area contributed by atoms with E-state index in [0.29, 0.717) is 22.1 Å². The summed E-state index contributed by atoms with van der Waals surface area (Å²) in [6.07, 6.45) is 0.333. The fourth-order valence-electron chi connectivity index (χ4n) is 3.04. The lowest BCUT2D eigenvalue weighted by molar-refractivity contribution is -0.384. The second kappa shape index (κ2) is 7.84. The molecule has 30 heavy (non-hydrogen) atoms. The Labute approximate surface area is 174 Å². The first-order valence-electron chi connectivity index (χ1n) is 8.90. The summed E-state index contributed by atoms with van der Waals surface area (Å²) in [6, 6.07) is 12.2. The topological polar surface area (TPSA) is 123 Å². The van der Waals surface area contributed by atoms with Crippen molar-refractivity contribution in [2.75, 3.05) is 10.2 Å². The number of nitro benzene ring substituents is 1. The first kappa shape index (κ1) is 19.4. The third-order valence-electron chi connectivity index (χ3n) is 4.52. The van der Waals surface area contributed by atoms with Gasteiger partial charge < -0.3 is 0 Å². The molecular formula is C20H14N4O5S. The maximum atomic E-state index is 12.6. The van der Waals surface area contributed by atoms with Crippen molar-refractivity contribution in [3.05, 3.63) is 69.6 Å². The van der Waals surface area contributed by atoms with E-state index in [9.17, 15) is 24.5 Å². The molecule has 0 bridgehead atoms. The van der Waals surface area contributed by atoms with Crippen LogP contribution in [0.1, 0.15) is 23.2 Å². The van der Waals surface area contributed by atoms with Crippen LogP contribution in [0, 0.1) is 10.1 Å². The van der Waals surface area contributed by atoms with E-state index >= 15 is 0 Å². The van der Waals surface area contributed by atoms with E-state index in [2.05, 4.69) is 10.3 Å². The highest BCUT2D eigenvalue weighted by atomic mass is 32.1. The molecule has 3 aromatic rings. The number of aromatic nitrogens is 1. The Hall–Kier alpha value is -3.92. The summed E-state index contributed by atoms with van der Waals surface area (Å²) >= 11 is 1.21. The average molecular weight is 422 g/mol. The Morgan fingerprint density at radius 2 is 1.80 bits per heavy atom. The Morgan fingerprint density at radius 1 is 1.10 bits per heavy atom. The van der Waals surface area contributed by atoms with E-state index in [1.54, 1.807) is 35.7 Å². The first-order valence-corrected chi connectivity index (χ1v) is 9.78. The van der Waals surface area contributed by atoms with Crippen LogP contribution < -0.4 is 10.2 Å². The van der Waals surface area contributed by atoms with E-state index in [-0.39, 0.29) is 35.9 Å². The van der Waals surface area contributed by atoms with Crippen molar-refractivity contribution >= 4 is 45.6 Å². The van der Waals surface area contributed by atoms with Gasteiger partial charge in [0.1, 0.15) is 0 Å². The van der Waals surface area contributed by atoms with Gasteiger partial charge in [-0.25, -0.2) is 4.98 Å². The van der Waals surface area contributed by atoms with Crippen molar-refractivity contribution in [1.29, 1.82) is 0 Å². The number of nitro groups is 1. The molecule has 0 radical (unpaired) electrons. The minimum absolute atomic E-state index is 0.0163. The molecule has 9 nitrogen and oxygen atoms in total. The number of carbonyl (C=O) groups is 3. The van der Waals surface area contributed by atoms with Gasteiger partial charge in [-0.1, -0.05) is 6.07 Å². The monoisotopic (exact) mass is 422 g/mol. The minimum Gasteiger partial charge on any atom is -0.298 e. The Kier molecular flexibility index (Phi) is 5.07. The number of nitrogens with zero attached hydrogens (tertiary/aromatic N) is 3. The van der Waals surface area contributed by atoms with Gasteiger partial charge in [-0.2, -0.15) is 0 Å². The van der Waals surface area contributed by atoms with Gasteiger partial charge in [0.2, 0.25) is 11.8 Å². The number of hydrogen-bond acceptors (Lipinski definition) is 7. The van der Waals surface area contributed by atoms with Gasteiger partial charge in [-0.3, -0.25) is 34.7 Å². The van der Waals surface area contributed by atoms with Crippen LogP contribution in [0.5, 0.6) is 0 Å². The zero-order chi connectivity index (χ0) is 21.3. The average Bonchev–Trinajstić information content (AvgIpc) is 3.34. The molecule has 150 valence electrons. The van der Waals surface area contributed by atoms with Crippen LogP contribution in [0.25, 0.3) is 11.3 Å². The zero-order valence-electron chi connectivity index (χ0n) is 15.4. The maximum Gasteiger partial charge on any atom is 0.269 e. The van der Waals surface area contributed by atoms with Crippen LogP contribution in [0.3, 0.4) is 0 Å². The van der Waals surface area contributed by atoms with Gasteiger partial charge in [0.15, 0.2) is 5.13 Å². The molecule has 1 saturated heterocycles. The quantitative estimate of drug-likeness (QED) is 0.381. The molecule has 1 aromatic heterocycles. The molecule has 1 fully saturated rings. The lowest BCUT2D eigenvalue weighted by atomic mass is 10.1. The molecule has 2 heterocycles. The minimum atomic E-state index is -0.478. The smallest absolute Gasteiger partial charge is 0.269 e. The molecule has 0 saturated carbocycles. The van der Waals surface area contributed by atoms with Crippen molar-refractivity contribution in [2.45, 2.75) is 12.8 Å². The summed E-state index contributed by atoms with van der Waals surface area (Å²) in [7, 11) is 0. The highest BCUT2D eigenvalue weighted by Gasteiger charge is 2.30. The molecule has 1 aliphatic heterocycles. The van der Waals surface area contributed by atoms with Crippen molar-refractivity contribution in [3.63, 3.8) is 0 Å². The fourth-order valence-corrected chi connectivity index (χ4v) is 3.75. The second-order valence-electron chi connectivity index (χ2n) is 6.47. The van der Waals surface area contributed by atoms with E-state index in [1.165, 1.54) is 29.5 Å². The summed E-state index contributed by atoms with van der Waals surface area (Å²) < 4.78 is 0. The van der Waals surface area contributed by atoms with E-state index < -0.39 is 10.8 Å². The Bertz CT molecular complexity index is 1160. The number of nitrogens with one attached hydrogen (secondary N) is 1. The molecule has 0 atom stereocenters. The van der Waals surface area contributed by atoms with Gasteiger partial charge >= 0.3 is 0 Å². The lowest BCUT2D eigenvalue weighted by Gasteiger charge is -2.14. The van der Waals surface area contributed by atoms with Crippen LogP contribution in [0.15, 0.2) is 53.9 Å². The Balaban J connectivity index is 1.50. The van der Waals surface area contributed by atoms with E-state index in [0.717, 1.165) is 4.90 Å². The molecular weight excluding hydrogens is 408 g/mol. The molecule has 0 aliphatic carbocycles. The van der Waals surface area contributed by atoms with Crippen LogP contribution in [0.2, 0.25) is 0 Å². The zero-order valence-corrected chi connectivity index (χ0v) is 16.2. The van der Waals surface area contributed by atoms with Crippen LogP contribution >= 0.6 is 11.3 Å². The van der Waals surface area contributed by atoms with E-state index in [4.69, 9.17) is 0 Å². The third-order valence-corrected chi connectivity index (χ3v) is 5.27. The Morgan fingerprint density at radius 3 is 2.47 bits per heavy atom. The number of carbonyl (C=O) groups excluding carboxylic acids is 3. The summed E-state index contributed by atoms with van der Waals surface area (Å²) in [4.78, 5) is 52.1. The molecule has 1 N–H and O–H groups in total. The standard InChI is InChI=1S/C20H14N4O5S/c25-17-8-9-18(26)23(17)15-3-1-2-13(10-15)19(27)22-20-21-16(11-30-20)12-4-6-14(7-5-12)24(28)29/h1-7,10-11H,8-9H2,(H,21,22,27). The number of benzene rings is 2. The van der Waals surface area contributed by atoms with Crippen LogP contribution in [0.4, 0.5) is 16.5 Å². The van der Waals surface area contributed by atoms with Gasteiger partial charge in [0, 0.05) is 41.5 Å². The predicted octanol–water partition coefficient (Wildman–Crippen LogP) is 3.62. The number of amides is 3. The summed E-state index contributed by atoms with van der Waals surface area (Å²) in [5.74, 6) is -1.00. The third kappa shape index (κ3) is 3.80. The SMILES string of the molecule is O=C(Nc1nc(-c2ccc([N+](=O)[O-])cc2)cs1)c1cccc(N2C(=O)CCC2=O)c1. The summed E-state index contributed by atoms with van der Waals surface area (Å²) in [5.41, 5.74) is 1.89. The van der Waals surface area contributed by atoms with Crippen molar-refractivity contribution < 1.29 is 19.3 Å². The number of thiazole rings is 1. The molecule has 0 spiro atoms. The highest BCUT2D eigenvalue weighted by molar-refractivity contribution is 7.14. The number of anilines is 2. The van der Waals surface area contributed by atoms with Gasteiger partial charge in [-0.15, -0.1) is 11.3 Å². The number of rotatable bonds is 5. The number of hydrogen-bond donors (Lipinski definition) is 1. The number of imide groups is 1. The molecule has 10 heteroatoms. The van der Waals surface area contributed by atoms with Crippen molar-refractivity contribution in [1.82, 2.24) is 4.98 Å². The lowest BCUT2D eigenvalue weighted by Crippen LogP contribution is -2.28. The first-order chi connectivity index (χ1) is 14.4. The van der Waals surface area contributed by atoms with Crippen LogP contribution in [-0.2, 0) is 9.59 Å². The summed E-state index contributed by atoms with van der Waals surface area (Å²) in [6.45, 7) is 0. The maximum absolute atomic E-state index is 12.6. The van der Waals surface area contributed by atoms with Crippen LogP contribution in [-0.4, -0.2) is 27.6 Å². The van der Waals surface area contributed by atoms with Gasteiger partial charge in [0.05, 0.1) is 16.3 Å².